The zero-order valence-electron chi connectivity index (χ0n) is 22.4. The molecule has 2 unspecified atom stereocenters. The van der Waals surface area contributed by atoms with Crippen LogP contribution in [0.5, 0.6) is 11.6 Å². The lowest BCUT2D eigenvalue weighted by atomic mass is 9.93. The van der Waals surface area contributed by atoms with E-state index in [-0.39, 0.29) is 29.5 Å². The largest absolute Gasteiger partial charge is 0.480 e. The Balaban J connectivity index is 1.27. The molecular weight excluding hydrogens is 537 g/mol. The Hall–Kier alpha value is -3.92. The summed E-state index contributed by atoms with van der Waals surface area (Å²) < 4.78 is 23.9. The van der Waals surface area contributed by atoms with E-state index in [1.165, 1.54) is 29.2 Å². The molecule has 0 N–H and O–H groups in total. The molecule has 2 fully saturated rings. The molecule has 11 heteroatoms. The number of rotatable bonds is 6. The van der Waals surface area contributed by atoms with Crippen LogP contribution in [0.3, 0.4) is 0 Å². The first-order chi connectivity index (χ1) is 19.3. The normalized spacial score (nSPS) is 19.4. The number of halogens is 2. The van der Waals surface area contributed by atoms with Crippen LogP contribution in [0.15, 0.2) is 60.7 Å². The van der Waals surface area contributed by atoms with Gasteiger partial charge in [0.05, 0.1) is 13.2 Å². The first-order valence-corrected chi connectivity index (χ1v) is 13.6. The van der Waals surface area contributed by atoms with Gasteiger partial charge in [-0.05, 0) is 60.9 Å². The van der Waals surface area contributed by atoms with Crippen molar-refractivity contribution in [2.24, 2.45) is 5.92 Å². The minimum Gasteiger partial charge on any atom is -0.480 e. The summed E-state index contributed by atoms with van der Waals surface area (Å²) in [4.78, 5) is 32.3. The maximum atomic E-state index is 13.7. The number of likely N-dealkylation sites (tertiary alicyclic amines) is 1. The van der Waals surface area contributed by atoms with Gasteiger partial charge in [0, 0.05) is 56.2 Å². The molecule has 9 nitrogen and oxygen atoms in total. The van der Waals surface area contributed by atoms with E-state index in [1.807, 2.05) is 35.2 Å². The molecule has 2 aliphatic heterocycles. The number of ether oxygens (including phenoxy) is 2. The second-order valence-electron chi connectivity index (χ2n) is 10.1. The Morgan fingerprint density at radius 1 is 0.975 bits per heavy atom. The van der Waals surface area contributed by atoms with E-state index in [0.717, 1.165) is 11.4 Å². The average molecular weight is 568 g/mol. The van der Waals surface area contributed by atoms with Crippen LogP contribution >= 0.6 is 11.6 Å². The summed E-state index contributed by atoms with van der Waals surface area (Å²) in [7, 11) is 3.22. The Bertz CT molecular complexity index is 1320. The van der Waals surface area contributed by atoms with Crippen LogP contribution in [-0.4, -0.2) is 78.4 Å². The van der Waals surface area contributed by atoms with Gasteiger partial charge in [-0.15, -0.1) is 10.2 Å². The van der Waals surface area contributed by atoms with Crippen molar-refractivity contribution in [2.75, 3.05) is 45.2 Å². The van der Waals surface area contributed by atoms with Crippen LogP contribution in [0.25, 0.3) is 0 Å². The molecule has 40 heavy (non-hydrogen) atoms. The Kier molecular flexibility index (Phi) is 8.35. The molecular formula is C29H31ClFN5O4. The zero-order valence-corrected chi connectivity index (χ0v) is 23.1. The number of hydrogen-bond acceptors (Lipinski definition) is 7. The molecule has 0 spiro atoms. The van der Waals surface area contributed by atoms with E-state index in [0.29, 0.717) is 49.9 Å². The highest BCUT2D eigenvalue weighted by molar-refractivity contribution is 6.30. The van der Waals surface area contributed by atoms with E-state index in [4.69, 9.17) is 21.1 Å². The van der Waals surface area contributed by atoms with E-state index in [2.05, 4.69) is 15.1 Å². The summed E-state index contributed by atoms with van der Waals surface area (Å²) in [5.41, 5.74) is 0.985. The first kappa shape index (κ1) is 27.6. The average Bonchev–Trinajstić information content (AvgIpc) is 3.43. The Morgan fingerprint density at radius 2 is 1.68 bits per heavy atom. The molecule has 210 valence electrons. The van der Waals surface area contributed by atoms with Crippen molar-refractivity contribution in [3.05, 3.63) is 77.1 Å². The van der Waals surface area contributed by atoms with Crippen molar-refractivity contribution in [2.45, 2.75) is 24.8 Å². The number of likely N-dealkylation sites (N-methyl/N-ethyl adjacent to an activating group) is 1. The number of carbonyl (C=O) groups is 2. The number of anilines is 1. The first-order valence-electron chi connectivity index (χ1n) is 13.2. The van der Waals surface area contributed by atoms with Gasteiger partial charge in [-0.2, -0.15) is 0 Å². The number of hydrogen-bond donors (Lipinski definition) is 0. The van der Waals surface area contributed by atoms with Gasteiger partial charge in [-0.1, -0.05) is 23.7 Å². The standard InChI is InChI=1S/C29H31ClFN5O4/c1-34(29(38)40-23-9-7-22(31)8-10-23)25-18-36(17-24(25)19-3-5-21(30)6-4-19)28(37)20-13-15-35(16-14-20)26-11-12-27(39-2)33-32-26/h3-12,20,24-25H,13-18H2,1-2H3. The van der Waals surface area contributed by atoms with Crippen LogP contribution in [0.1, 0.15) is 24.3 Å². The molecule has 2 atom stereocenters. The lowest BCUT2D eigenvalue weighted by Crippen LogP contribution is -2.45. The highest BCUT2D eigenvalue weighted by Gasteiger charge is 2.42. The molecule has 2 aromatic carbocycles. The number of carbonyl (C=O) groups excluding carboxylic acids is 2. The molecule has 3 heterocycles. The predicted molar refractivity (Wildman–Crippen MR) is 148 cm³/mol. The summed E-state index contributed by atoms with van der Waals surface area (Å²) in [5.74, 6) is 0.896. The van der Waals surface area contributed by atoms with E-state index in [9.17, 15) is 14.0 Å². The zero-order chi connectivity index (χ0) is 28.2. The lowest BCUT2D eigenvalue weighted by molar-refractivity contribution is -0.135. The maximum Gasteiger partial charge on any atom is 0.415 e. The Morgan fingerprint density at radius 3 is 2.30 bits per heavy atom. The van der Waals surface area contributed by atoms with Crippen molar-refractivity contribution in [1.29, 1.82) is 0 Å². The quantitative estimate of drug-likeness (QED) is 0.429. The van der Waals surface area contributed by atoms with Gasteiger partial charge < -0.3 is 24.2 Å². The van der Waals surface area contributed by atoms with Gasteiger partial charge >= 0.3 is 6.09 Å². The Labute approximate surface area is 237 Å². The number of piperidine rings is 1. The van der Waals surface area contributed by atoms with Gasteiger partial charge in [0.25, 0.3) is 0 Å². The number of benzene rings is 2. The summed E-state index contributed by atoms with van der Waals surface area (Å²) in [6.45, 7) is 2.24. The highest BCUT2D eigenvalue weighted by Crippen LogP contribution is 2.34. The smallest absolute Gasteiger partial charge is 0.415 e. The minimum absolute atomic E-state index is 0.0854. The van der Waals surface area contributed by atoms with Crippen molar-refractivity contribution < 1.29 is 23.5 Å². The summed E-state index contributed by atoms with van der Waals surface area (Å²) in [6.07, 6.45) is 0.822. The minimum atomic E-state index is -0.571. The molecule has 2 aliphatic rings. The fraction of sp³-hybridized carbons (Fsp3) is 0.379. The fourth-order valence-electron chi connectivity index (χ4n) is 5.41. The van der Waals surface area contributed by atoms with E-state index < -0.39 is 11.9 Å². The van der Waals surface area contributed by atoms with Gasteiger partial charge in [0.1, 0.15) is 11.6 Å². The van der Waals surface area contributed by atoms with Gasteiger partial charge in [0.15, 0.2) is 5.82 Å². The summed E-state index contributed by atoms with van der Waals surface area (Å²) >= 11 is 6.13. The molecule has 0 aliphatic carbocycles. The van der Waals surface area contributed by atoms with Crippen LogP contribution in [0.4, 0.5) is 15.0 Å². The molecule has 0 saturated carbocycles. The van der Waals surface area contributed by atoms with Crippen molar-refractivity contribution in [1.82, 2.24) is 20.0 Å². The van der Waals surface area contributed by atoms with Crippen molar-refractivity contribution in [3.8, 4) is 11.6 Å². The third-order valence-corrected chi connectivity index (χ3v) is 7.96. The maximum absolute atomic E-state index is 13.7. The topological polar surface area (TPSA) is 88.1 Å². The molecule has 0 bridgehead atoms. The molecule has 0 radical (unpaired) electrons. The molecule has 5 rings (SSSR count). The van der Waals surface area contributed by atoms with Crippen molar-refractivity contribution in [3.63, 3.8) is 0 Å². The third-order valence-electron chi connectivity index (χ3n) is 7.71. The van der Waals surface area contributed by atoms with Gasteiger partial charge in [0.2, 0.25) is 11.8 Å². The molecule has 1 aromatic heterocycles. The van der Waals surface area contributed by atoms with Crippen LogP contribution in [0.2, 0.25) is 5.02 Å². The van der Waals surface area contributed by atoms with Crippen molar-refractivity contribution >= 4 is 29.4 Å². The second kappa shape index (κ2) is 12.1. The number of aromatic nitrogens is 2. The van der Waals surface area contributed by atoms with Crippen LogP contribution in [0, 0.1) is 11.7 Å². The van der Waals surface area contributed by atoms with Crippen LogP contribution < -0.4 is 14.4 Å². The van der Waals surface area contributed by atoms with E-state index in [1.54, 1.807) is 20.2 Å². The van der Waals surface area contributed by atoms with Gasteiger partial charge in [-0.25, -0.2) is 9.18 Å². The summed E-state index contributed by atoms with van der Waals surface area (Å²) in [6, 6.07) is 16.1. The molecule has 2 amide bonds. The van der Waals surface area contributed by atoms with Gasteiger partial charge in [-0.3, -0.25) is 4.79 Å². The van der Waals surface area contributed by atoms with E-state index >= 15 is 0 Å². The number of nitrogens with zero attached hydrogens (tertiary/aromatic N) is 5. The summed E-state index contributed by atoms with van der Waals surface area (Å²) in [5, 5.41) is 8.89. The second-order valence-corrected chi connectivity index (χ2v) is 10.5. The molecule has 2 saturated heterocycles. The fourth-order valence-corrected chi connectivity index (χ4v) is 5.54. The highest BCUT2D eigenvalue weighted by atomic mass is 35.5. The number of methoxy groups -OCH3 is 1. The monoisotopic (exact) mass is 567 g/mol. The SMILES string of the molecule is COc1ccc(N2CCC(C(=O)N3CC(c4ccc(Cl)cc4)C(N(C)C(=O)Oc4ccc(F)cc4)C3)CC2)nn1. The lowest BCUT2D eigenvalue weighted by Gasteiger charge is -2.33. The molecule has 3 aromatic rings. The number of amides is 2. The van der Waals surface area contributed by atoms with Crippen LogP contribution in [-0.2, 0) is 4.79 Å². The third kappa shape index (κ3) is 6.12. The predicted octanol–water partition coefficient (Wildman–Crippen LogP) is 4.62.